The van der Waals surface area contributed by atoms with E-state index in [4.69, 9.17) is 4.74 Å². The molecular weight excluding hydrogens is 172 g/mol. The predicted octanol–water partition coefficient (Wildman–Crippen LogP) is 3.78. The average molecular weight is 194 g/mol. The third kappa shape index (κ3) is 3.51. The van der Waals surface area contributed by atoms with Gasteiger partial charge in [0.15, 0.2) is 0 Å². The lowest BCUT2D eigenvalue weighted by Crippen LogP contribution is -1.95. The molecule has 0 atom stereocenters. The van der Waals surface area contributed by atoms with Crippen LogP contribution in [-0.2, 0) is 11.3 Å². The Morgan fingerprint density at radius 3 is 2.14 bits per heavy atom. The van der Waals surface area contributed by atoms with E-state index < -0.39 is 0 Å². The van der Waals surface area contributed by atoms with Crippen LogP contribution in [0.4, 0.5) is 0 Å². The standard InChI is InChI=1S/C11H16O.C2H6/c1-8-5-9(2)10(3)11(6-8)7-12-4;1-2/h5-6H,7H2,1-4H3;1-2H3. The molecule has 0 spiro atoms. The number of rotatable bonds is 2. The Labute approximate surface area is 88.1 Å². The second kappa shape index (κ2) is 6.61. The van der Waals surface area contributed by atoms with E-state index in [0.717, 1.165) is 0 Å². The first kappa shape index (κ1) is 13.2. The van der Waals surface area contributed by atoms with Gasteiger partial charge in [0.1, 0.15) is 0 Å². The third-order valence-electron chi connectivity index (χ3n) is 2.22. The number of ether oxygens (including phenoxy) is 1. The normalized spacial score (nSPS) is 9.29. The molecule has 0 unspecified atom stereocenters. The topological polar surface area (TPSA) is 9.23 Å². The summed E-state index contributed by atoms with van der Waals surface area (Å²) in [4.78, 5) is 0. The molecule has 0 saturated carbocycles. The first-order valence-electron chi connectivity index (χ1n) is 5.21. The van der Waals surface area contributed by atoms with Gasteiger partial charge in [0.05, 0.1) is 6.61 Å². The molecule has 0 fully saturated rings. The highest BCUT2D eigenvalue weighted by Crippen LogP contribution is 2.16. The van der Waals surface area contributed by atoms with Gasteiger partial charge >= 0.3 is 0 Å². The van der Waals surface area contributed by atoms with E-state index in [0.29, 0.717) is 6.61 Å². The molecule has 0 aliphatic rings. The maximum absolute atomic E-state index is 5.12. The molecule has 1 nitrogen and oxygen atoms in total. The Morgan fingerprint density at radius 2 is 1.64 bits per heavy atom. The molecule has 0 aromatic heterocycles. The van der Waals surface area contributed by atoms with Gasteiger partial charge in [-0.25, -0.2) is 0 Å². The molecule has 80 valence electrons. The first-order chi connectivity index (χ1) is 6.65. The van der Waals surface area contributed by atoms with Gasteiger partial charge in [-0.05, 0) is 37.5 Å². The van der Waals surface area contributed by atoms with E-state index in [1.54, 1.807) is 7.11 Å². The number of hydrogen-bond acceptors (Lipinski definition) is 1. The second-order valence-electron chi connectivity index (χ2n) is 3.30. The van der Waals surface area contributed by atoms with Crippen molar-refractivity contribution < 1.29 is 4.74 Å². The highest BCUT2D eigenvalue weighted by Gasteiger charge is 2.01. The molecule has 0 aliphatic heterocycles. The lowest BCUT2D eigenvalue weighted by molar-refractivity contribution is 0.184. The zero-order valence-corrected chi connectivity index (χ0v) is 10.3. The molecule has 1 rings (SSSR count). The summed E-state index contributed by atoms with van der Waals surface area (Å²) in [5.41, 5.74) is 5.31. The molecule has 1 heteroatoms. The molecule has 0 amide bonds. The van der Waals surface area contributed by atoms with Gasteiger partial charge in [0, 0.05) is 7.11 Å². The molecule has 14 heavy (non-hydrogen) atoms. The van der Waals surface area contributed by atoms with Crippen molar-refractivity contribution in [1.82, 2.24) is 0 Å². The number of benzene rings is 1. The zero-order valence-electron chi connectivity index (χ0n) is 10.3. The van der Waals surface area contributed by atoms with E-state index in [1.165, 1.54) is 22.3 Å². The van der Waals surface area contributed by atoms with Crippen LogP contribution in [0.5, 0.6) is 0 Å². The Balaban J connectivity index is 0.000000791. The minimum Gasteiger partial charge on any atom is -0.380 e. The Morgan fingerprint density at radius 1 is 1.07 bits per heavy atom. The van der Waals surface area contributed by atoms with E-state index in [1.807, 2.05) is 13.8 Å². The lowest BCUT2D eigenvalue weighted by atomic mass is 10.0. The van der Waals surface area contributed by atoms with Gasteiger partial charge in [-0.15, -0.1) is 0 Å². The lowest BCUT2D eigenvalue weighted by Gasteiger charge is -2.09. The van der Waals surface area contributed by atoms with Crippen molar-refractivity contribution in [2.75, 3.05) is 7.11 Å². The zero-order chi connectivity index (χ0) is 11.1. The molecule has 0 radical (unpaired) electrons. The predicted molar refractivity (Wildman–Crippen MR) is 62.7 cm³/mol. The van der Waals surface area contributed by atoms with Gasteiger partial charge in [-0.1, -0.05) is 31.5 Å². The first-order valence-corrected chi connectivity index (χ1v) is 5.21. The van der Waals surface area contributed by atoms with Crippen LogP contribution in [0.2, 0.25) is 0 Å². The van der Waals surface area contributed by atoms with Crippen LogP contribution in [-0.4, -0.2) is 7.11 Å². The number of methoxy groups -OCH3 is 1. The van der Waals surface area contributed by atoms with E-state index in [9.17, 15) is 0 Å². The van der Waals surface area contributed by atoms with Gasteiger partial charge in [0.25, 0.3) is 0 Å². The minimum atomic E-state index is 0.717. The summed E-state index contributed by atoms with van der Waals surface area (Å²) in [5, 5.41) is 0. The summed E-state index contributed by atoms with van der Waals surface area (Å²) in [7, 11) is 1.73. The Bertz CT molecular complexity index is 277. The van der Waals surface area contributed by atoms with Crippen LogP contribution >= 0.6 is 0 Å². The van der Waals surface area contributed by atoms with Gasteiger partial charge in [0.2, 0.25) is 0 Å². The molecule has 0 heterocycles. The van der Waals surface area contributed by atoms with Crippen molar-refractivity contribution in [2.24, 2.45) is 0 Å². The highest BCUT2D eigenvalue weighted by atomic mass is 16.5. The summed E-state index contributed by atoms with van der Waals surface area (Å²) in [6, 6.07) is 4.39. The van der Waals surface area contributed by atoms with Gasteiger partial charge in [-0.2, -0.15) is 0 Å². The van der Waals surface area contributed by atoms with Crippen LogP contribution in [0.1, 0.15) is 36.1 Å². The van der Waals surface area contributed by atoms with Crippen LogP contribution in [0.15, 0.2) is 12.1 Å². The minimum absolute atomic E-state index is 0.717. The molecule has 1 aromatic rings. The summed E-state index contributed by atoms with van der Waals surface area (Å²) in [6.07, 6.45) is 0. The van der Waals surface area contributed by atoms with Crippen LogP contribution in [0, 0.1) is 20.8 Å². The summed E-state index contributed by atoms with van der Waals surface area (Å²) < 4.78 is 5.12. The van der Waals surface area contributed by atoms with E-state index >= 15 is 0 Å². The van der Waals surface area contributed by atoms with E-state index in [-0.39, 0.29) is 0 Å². The number of hydrogen-bond donors (Lipinski definition) is 0. The Hall–Kier alpha value is -0.820. The fourth-order valence-electron chi connectivity index (χ4n) is 1.43. The summed E-state index contributed by atoms with van der Waals surface area (Å²) >= 11 is 0. The van der Waals surface area contributed by atoms with Crippen molar-refractivity contribution in [2.45, 2.75) is 41.2 Å². The van der Waals surface area contributed by atoms with Crippen molar-refractivity contribution in [1.29, 1.82) is 0 Å². The average Bonchev–Trinajstić information content (AvgIpc) is 2.17. The molecule has 0 N–H and O–H groups in total. The second-order valence-corrected chi connectivity index (χ2v) is 3.30. The largest absolute Gasteiger partial charge is 0.380 e. The highest BCUT2D eigenvalue weighted by molar-refractivity contribution is 5.36. The van der Waals surface area contributed by atoms with E-state index in [2.05, 4.69) is 32.9 Å². The maximum atomic E-state index is 5.12. The van der Waals surface area contributed by atoms with Crippen molar-refractivity contribution in [3.8, 4) is 0 Å². The fraction of sp³-hybridized carbons (Fsp3) is 0.538. The number of aryl methyl sites for hydroxylation is 2. The fourth-order valence-corrected chi connectivity index (χ4v) is 1.43. The van der Waals surface area contributed by atoms with Gasteiger partial charge in [-0.3, -0.25) is 0 Å². The third-order valence-corrected chi connectivity index (χ3v) is 2.22. The molecular formula is C13H22O. The maximum Gasteiger partial charge on any atom is 0.0715 e. The van der Waals surface area contributed by atoms with Gasteiger partial charge < -0.3 is 4.74 Å². The van der Waals surface area contributed by atoms with Crippen LogP contribution in [0.25, 0.3) is 0 Å². The molecule has 0 aliphatic carbocycles. The molecule has 1 aromatic carbocycles. The molecule has 0 bridgehead atoms. The van der Waals surface area contributed by atoms with Crippen molar-refractivity contribution in [3.63, 3.8) is 0 Å². The van der Waals surface area contributed by atoms with Crippen molar-refractivity contribution >= 4 is 0 Å². The SMILES string of the molecule is CC.COCc1cc(C)cc(C)c1C. The Kier molecular flexibility index (Phi) is 6.22. The van der Waals surface area contributed by atoms with Crippen LogP contribution in [0.3, 0.4) is 0 Å². The van der Waals surface area contributed by atoms with Crippen LogP contribution < -0.4 is 0 Å². The monoisotopic (exact) mass is 194 g/mol. The molecule has 0 saturated heterocycles. The van der Waals surface area contributed by atoms with Crippen molar-refractivity contribution in [3.05, 3.63) is 34.4 Å². The smallest absolute Gasteiger partial charge is 0.0715 e. The quantitative estimate of drug-likeness (QED) is 0.696. The summed E-state index contributed by atoms with van der Waals surface area (Å²) in [5.74, 6) is 0. The summed E-state index contributed by atoms with van der Waals surface area (Å²) in [6.45, 7) is 11.1.